The second-order valence-electron chi connectivity index (χ2n) is 4.60. The van der Waals surface area contributed by atoms with E-state index in [9.17, 15) is 4.79 Å². The Balaban J connectivity index is 3.13. The van der Waals surface area contributed by atoms with E-state index < -0.39 is 12.2 Å². The molecule has 1 atom stereocenters. The zero-order valence-corrected chi connectivity index (χ0v) is 12.1. The number of primary amides is 1. The number of allylic oxidation sites excluding steroid dienone is 2. The van der Waals surface area contributed by atoms with E-state index in [2.05, 4.69) is 13.2 Å². The Morgan fingerprint density at radius 1 is 1.35 bits per heavy atom. The molecule has 3 nitrogen and oxygen atoms in total. The highest BCUT2D eigenvalue weighted by Crippen LogP contribution is 2.20. The molecule has 0 aromatic heterocycles. The molecule has 1 aromatic carbocycles. The third-order valence-electron chi connectivity index (χ3n) is 3.25. The molecule has 1 aromatic rings. The highest BCUT2D eigenvalue weighted by molar-refractivity contribution is 5.65. The standard InChI is InChI=1S/C17H21NO2/c1-5-12(3)15(6-2)16(20-17(18)19)11-14-10-8-7-9-13(14)4/h5-10,16H,1-2,11H2,3-4H3,(H2,18,19)/b15-12+. The summed E-state index contributed by atoms with van der Waals surface area (Å²) in [6.07, 6.45) is 2.71. The van der Waals surface area contributed by atoms with Crippen molar-refractivity contribution >= 4 is 6.09 Å². The number of amides is 1. The summed E-state index contributed by atoms with van der Waals surface area (Å²) in [5.74, 6) is 0. The van der Waals surface area contributed by atoms with Crippen LogP contribution < -0.4 is 5.73 Å². The molecule has 0 fully saturated rings. The maximum atomic E-state index is 11.1. The summed E-state index contributed by atoms with van der Waals surface area (Å²) in [5, 5.41) is 0. The Bertz CT molecular complexity index is 544. The molecule has 20 heavy (non-hydrogen) atoms. The summed E-state index contributed by atoms with van der Waals surface area (Å²) in [6.45, 7) is 11.4. The predicted octanol–water partition coefficient (Wildman–Crippen LogP) is 3.69. The minimum Gasteiger partial charge on any atom is -0.441 e. The van der Waals surface area contributed by atoms with Crippen molar-refractivity contribution in [2.24, 2.45) is 5.73 Å². The van der Waals surface area contributed by atoms with Crippen LogP contribution >= 0.6 is 0 Å². The van der Waals surface area contributed by atoms with Gasteiger partial charge in [-0.25, -0.2) is 4.79 Å². The molecule has 0 heterocycles. The highest BCUT2D eigenvalue weighted by atomic mass is 16.6. The topological polar surface area (TPSA) is 52.3 Å². The van der Waals surface area contributed by atoms with Crippen molar-refractivity contribution in [3.63, 3.8) is 0 Å². The maximum Gasteiger partial charge on any atom is 0.405 e. The van der Waals surface area contributed by atoms with E-state index in [0.717, 1.165) is 22.3 Å². The van der Waals surface area contributed by atoms with Crippen LogP contribution in [-0.4, -0.2) is 12.2 Å². The molecule has 1 unspecified atom stereocenters. The van der Waals surface area contributed by atoms with Crippen molar-refractivity contribution in [2.75, 3.05) is 0 Å². The largest absolute Gasteiger partial charge is 0.441 e. The number of hydrogen-bond acceptors (Lipinski definition) is 2. The first-order valence-corrected chi connectivity index (χ1v) is 6.45. The normalized spacial score (nSPS) is 13.1. The van der Waals surface area contributed by atoms with Gasteiger partial charge in [-0.2, -0.15) is 0 Å². The zero-order chi connectivity index (χ0) is 15.1. The first-order valence-electron chi connectivity index (χ1n) is 6.45. The molecular formula is C17H21NO2. The Morgan fingerprint density at radius 2 is 2.00 bits per heavy atom. The summed E-state index contributed by atoms with van der Waals surface area (Å²) in [5.41, 5.74) is 9.16. The van der Waals surface area contributed by atoms with Gasteiger partial charge < -0.3 is 10.5 Å². The third kappa shape index (κ3) is 4.12. The fourth-order valence-corrected chi connectivity index (χ4v) is 2.06. The number of ether oxygens (including phenoxy) is 1. The molecule has 0 spiro atoms. The lowest BCUT2D eigenvalue weighted by Crippen LogP contribution is -2.26. The molecule has 0 bridgehead atoms. The molecule has 0 aliphatic carbocycles. The van der Waals surface area contributed by atoms with E-state index in [1.807, 2.05) is 38.1 Å². The van der Waals surface area contributed by atoms with Crippen LogP contribution in [-0.2, 0) is 11.2 Å². The van der Waals surface area contributed by atoms with E-state index in [1.165, 1.54) is 0 Å². The van der Waals surface area contributed by atoms with Gasteiger partial charge in [0.15, 0.2) is 0 Å². The van der Waals surface area contributed by atoms with Crippen LogP contribution in [0.1, 0.15) is 18.1 Å². The minimum atomic E-state index is -0.792. The fraction of sp³-hybridized carbons (Fsp3) is 0.235. The van der Waals surface area contributed by atoms with Crippen LogP contribution in [0.5, 0.6) is 0 Å². The van der Waals surface area contributed by atoms with Gasteiger partial charge in [-0.3, -0.25) is 0 Å². The maximum absolute atomic E-state index is 11.1. The molecule has 1 amide bonds. The van der Waals surface area contributed by atoms with E-state index in [0.29, 0.717) is 6.42 Å². The SMILES string of the molecule is C=C/C(C)=C(\C=C)C(Cc1ccccc1C)OC(N)=O. The van der Waals surface area contributed by atoms with Gasteiger partial charge in [0.2, 0.25) is 0 Å². The average Bonchev–Trinajstić information content (AvgIpc) is 2.41. The third-order valence-corrected chi connectivity index (χ3v) is 3.25. The lowest BCUT2D eigenvalue weighted by molar-refractivity contribution is 0.125. The van der Waals surface area contributed by atoms with E-state index in [4.69, 9.17) is 10.5 Å². The smallest absolute Gasteiger partial charge is 0.405 e. The van der Waals surface area contributed by atoms with E-state index in [-0.39, 0.29) is 0 Å². The summed E-state index contributed by atoms with van der Waals surface area (Å²) >= 11 is 0. The molecular weight excluding hydrogens is 250 g/mol. The van der Waals surface area contributed by atoms with Crippen LogP contribution in [0.2, 0.25) is 0 Å². The Kier molecular flexibility index (Phi) is 5.78. The van der Waals surface area contributed by atoms with Gasteiger partial charge in [-0.15, -0.1) is 0 Å². The number of aryl methyl sites for hydroxylation is 1. The van der Waals surface area contributed by atoms with Crippen molar-refractivity contribution in [1.82, 2.24) is 0 Å². The van der Waals surface area contributed by atoms with E-state index >= 15 is 0 Å². The van der Waals surface area contributed by atoms with Crippen molar-refractivity contribution in [2.45, 2.75) is 26.4 Å². The van der Waals surface area contributed by atoms with Gasteiger partial charge in [0.1, 0.15) is 6.10 Å². The van der Waals surface area contributed by atoms with Crippen molar-refractivity contribution in [1.29, 1.82) is 0 Å². The van der Waals surface area contributed by atoms with Crippen molar-refractivity contribution in [3.05, 3.63) is 71.8 Å². The molecule has 0 saturated carbocycles. The van der Waals surface area contributed by atoms with Crippen LogP contribution in [0.25, 0.3) is 0 Å². The van der Waals surface area contributed by atoms with Crippen LogP contribution in [0.15, 0.2) is 60.7 Å². The summed E-state index contributed by atoms with van der Waals surface area (Å²) < 4.78 is 5.25. The van der Waals surface area contributed by atoms with Gasteiger partial charge in [-0.05, 0) is 36.1 Å². The number of benzene rings is 1. The number of nitrogens with two attached hydrogens (primary N) is 1. The number of carbonyl (C=O) groups excluding carboxylic acids is 1. The second kappa shape index (κ2) is 7.34. The molecule has 0 aliphatic heterocycles. The van der Waals surface area contributed by atoms with Gasteiger partial charge in [0, 0.05) is 6.42 Å². The molecule has 0 aliphatic rings. The van der Waals surface area contributed by atoms with Gasteiger partial charge >= 0.3 is 6.09 Å². The number of carbonyl (C=O) groups is 1. The first kappa shape index (κ1) is 15.8. The zero-order valence-electron chi connectivity index (χ0n) is 12.1. The van der Waals surface area contributed by atoms with Crippen molar-refractivity contribution < 1.29 is 9.53 Å². The molecule has 3 heteroatoms. The van der Waals surface area contributed by atoms with Gasteiger partial charge in [0.25, 0.3) is 0 Å². The lowest BCUT2D eigenvalue weighted by Gasteiger charge is -2.20. The molecule has 2 N–H and O–H groups in total. The quantitative estimate of drug-likeness (QED) is 0.802. The van der Waals surface area contributed by atoms with Gasteiger partial charge in [-0.1, -0.05) is 49.6 Å². The average molecular weight is 271 g/mol. The number of rotatable bonds is 6. The summed E-state index contributed by atoms with van der Waals surface area (Å²) in [4.78, 5) is 11.1. The van der Waals surface area contributed by atoms with Crippen LogP contribution in [0, 0.1) is 6.92 Å². The van der Waals surface area contributed by atoms with Gasteiger partial charge in [0.05, 0.1) is 0 Å². The predicted molar refractivity (Wildman–Crippen MR) is 82.4 cm³/mol. The monoisotopic (exact) mass is 271 g/mol. The number of hydrogen-bond donors (Lipinski definition) is 1. The Hall–Kier alpha value is -2.29. The Morgan fingerprint density at radius 3 is 2.50 bits per heavy atom. The summed E-state index contributed by atoms with van der Waals surface area (Å²) in [7, 11) is 0. The molecule has 106 valence electrons. The first-order chi connectivity index (χ1) is 9.49. The lowest BCUT2D eigenvalue weighted by atomic mass is 9.95. The highest BCUT2D eigenvalue weighted by Gasteiger charge is 2.19. The molecule has 0 radical (unpaired) electrons. The van der Waals surface area contributed by atoms with Crippen molar-refractivity contribution in [3.8, 4) is 0 Å². The fourth-order valence-electron chi connectivity index (χ4n) is 2.06. The molecule has 0 saturated heterocycles. The minimum absolute atomic E-state index is 0.455. The van der Waals surface area contributed by atoms with Crippen LogP contribution in [0.4, 0.5) is 4.79 Å². The second-order valence-corrected chi connectivity index (χ2v) is 4.60. The van der Waals surface area contributed by atoms with Crippen LogP contribution in [0.3, 0.4) is 0 Å². The summed E-state index contributed by atoms with van der Waals surface area (Å²) in [6, 6.07) is 7.97. The Labute approximate surface area is 120 Å². The van der Waals surface area contributed by atoms with E-state index in [1.54, 1.807) is 12.2 Å². The molecule has 1 rings (SSSR count).